The van der Waals surface area contributed by atoms with Crippen LogP contribution >= 0.6 is 8.60 Å². The molecule has 3 rings (SSSR count). The van der Waals surface area contributed by atoms with Crippen LogP contribution in [-0.4, -0.2) is 0 Å². The van der Waals surface area contributed by atoms with Crippen molar-refractivity contribution in [3.05, 3.63) is 87.5 Å². The zero-order valence-electron chi connectivity index (χ0n) is 28.3. The van der Waals surface area contributed by atoms with E-state index in [1.165, 1.54) is 5.56 Å². The van der Waals surface area contributed by atoms with Gasteiger partial charge < -0.3 is 13.6 Å². The van der Waals surface area contributed by atoms with Gasteiger partial charge in [-0.05, 0) is 65.7 Å². The number of aryl methyl sites for hydroxylation is 3. The van der Waals surface area contributed by atoms with E-state index in [-0.39, 0.29) is 21.7 Å². The first-order valence-corrected chi connectivity index (χ1v) is 15.9. The van der Waals surface area contributed by atoms with Crippen LogP contribution in [0, 0.1) is 20.8 Å². The third-order valence-corrected chi connectivity index (χ3v) is 8.27. The molecule has 3 aromatic rings. The summed E-state index contributed by atoms with van der Waals surface area (Å²) < 4.78 is 20.7. The summed E-state index contributed by atoms with van der Waals surface area (Å²) >= 11 is 0. The van der Waals surface area contributed by atoms with Gasteiger partial charge in [-0.2, -0.15) is 0 Å². The van der Waals surface area contributed by atoms with Crippen molar-refractivity contribution in [1.29, 1.82) is 0 Å². The van der Waals surface area contributed by atoms with Crippen LogP contribution in [0.25, 0.3) is 0 Å². The summed E-state index contributed by atoms with van der Waals surface area (Å²) in [5.41, 5.74) is 7.56. The predicted molar refractivity (Wildman–Crippen MR) is 177 cm³/mol. The smallest absolute Gasteiger partial charge is 0.408 e. The first-order chi connectivity index (χ1) is 18.6. The summed E-state index contributed by atoms with van der Waals surface area (Å²) in [6.45, 7) is 33.0. The topological polar surface area (TPSA) is 27.7 Å². The van der Waals surface area contributed by atoms with Crippen molar-refractivity contribution < 1.29 is 13.6 Å². The zero-order valence-corrected chi connectivity index (χ0v) is 29.2. The third-order valence-electron chi connectivity index (χ3n) is 7.25. The highest BCUT2D eigenvalue weighted by Crippen LogP contribution is 2.51. The third kappa shape index (κ3) is 8.29. The molecule has 0 N–H and O–H groups in total. The maximum Gasteiger partial charge on any atom is 0.530 e. The van der Waals surface area contributed by atoms with Gasteiger partial charge in [0.15, 0.2) is 0 Å². The van der Waals surface area contributed by atoms with Gasteiger partial charge in [0.25, 0.3) is 0 Å². The number of hydrogen-bond acceptors (Lipinski definition) is 3. The van der Waals surface area contributed by atoms with Crippen molar-refractivity contribution in [3.8, 4) is 17.2 Å². The summed E-state index contributed by atoms with van der Waals surface area (Å²) in [7, 11) is -1.88. The van der Waals surface area contributed by atoms with Crippen LogP contribution in [0.1, 0.15) is 122 Å². The van der Waals surface area contributed by atoms with Crippen molar-refractivity contribution in [1.82, 2.24) is 0 Å². The molecule has 0 atom stereocenters. The molecule has 0 aliphatic rings. The summed E-state index contributed by atoms with van der Waals surface area (Å²) in [6.07, 6.45) is 0. The summed E-state index contributed by atoms with van der Waals surface area (Å²) in [4.78, 5) is 0. The van der Waals surface area contributed by atoms with Gasteiger partial charge in [0, 0.05) is 22.3 Å². The van der Waals surface area contributed by atoms with Gasteiger partial charge in [-0.25, -0.2) is 0 Å². The average Bonchev–Trinajstić information content (AvgIpc) is 2.77. The maximum absolute atomic E-state index is 7.03. The standard InChI is InChI=1S/C37H53O3P/c1-24-16-18-27(34(4,5)6)31(22-24)38-41(39-32-23-25(2)17-19-28(32)35(7,8)9)40-33-29(36(10,11)12)20-26(3)21-30(33)37(13,14)15/h16-23H,1-15H3. The highest BCUT2D eigenvalue weighted by molar-refractivity contribution is 7.43. The lowest BCUT2D eigenvalue weighted by molar-refractivity contribution is 0.367. The van der Waals surface area contributed by atoms with Crippen LogP contribution in [0.3, 0.4) is 0 Å². The van der Waals surface area contributed by atoms with Gasteiger partial charge in [-0.15, -0.1) is 0 Å². The normalized spacial score (nSPS) is 13.0. The zero-order chi connectivity index (χ0) is 31.1. The van der Waals surface area contributed by atoms with Crippen LogP contribution < -0.4 is 13.6 Å². The molecule has 0 saturated carbocycles. The summed E-state index contributed by atoms with van der Waals surface area (Å²) in [5.74, 6) is 2.46. The van der Waals surface area contributed by atoms with Crippen molar-refractivity contribution in [2.24, 2.45) is 0 Å². The molecule has 4 heteroatoms. The fraction of sp³-hybridized carbons (Fsp3) is 0.514. The second kappa shape index (κ2) is 11.6. The Kier molecular flexibility index (Phi) is 9.37. The van der Waals surface area contributed by atoms with Gasteiger partial charge in [0.05, 0.1) is 0 Å². The van der Waals surface area contributed by atoms with E-state index in [9.17, 15) is 0 Å². The molecule has 224 valence electrons. The quantitative estimate of drug-likeness (QED) is 0.273. The minimum absolute atomic E-state index is 0.110. The molecular formula is C37H53O3P. The summed E-state index contributed by atoms with van der Waals surface area (Å²) in [6, 6.07) is 17.3. The van der Waals surface area contributed by atoms with Gasteiger partial charge in [0.2, 0.25) is 0 Å². The minimum Gasteiger partial charge on any atom is -0.408 e. The Morgan fingerprint density at radius 2 is 0.756 bits per heavy atom. The largest absolute Gasteiger partial charge is 0.530 e. The number of benzene rings is 3. The van der Waals surface area contributed by atoms with Gasteiger partial charge in [-0.3, -0.25) is 0 Å². The molecule has 0 aliphatic heterocycles. The summed E-state index contributed by atoms with van der Waals surface area (Å²) in [5, 5.41) is 0. The highest BCUT2D eigenvalue weighted by Gasteiger charge is 2.34. The lowest BCUT2D eigenvalue weighted by Crippen LogP contribution is -2.21. The molecule has 0 saturated heterocycles. The first-order valence-electron chi connectivity index (χ1n) is 14.8. The highest BCUT2D eigenvalue weighted by atomic mass is 31.2. The Morgan fingerprint density at radius 3 is 1.07 bits per heavy atom. The van der Waals surface area contributed by atoms with Crippen molar-refractivity contribution in [2.75, 3.05) is 0 Å². The van der Waals surface area contributed by atoms with E-state index in [1.807, 2.05) is 0 Å². The molecule has 0 fully saturated rings. The van der Waals surface area contributed by atoms with E-state index in [4.69, 9.17) is 13.6 Å². The van der Waals surface area contributed by atoms with E-state index in [0.29, 0.717) is 0 Å². The van der Waals surface area contributed by atoms with Crippen molar-refractivity contribution in [3.63, 3.8) is 0 Å². The molecule has 0 bridgehead atoms. The number of rotatable bonds is 6. The van der Waals surface area contributed by atoms with E-state index in [0.717, 1.165) is 50.6 Å². The fourth-order valence-corrected chi connectivity index (χ4v) is 6.01. The van der Waals surface area contributed by atoms with Gasteiger partial charge in [0.1, 0.15) is 17.2 Å². The maximum atomic E-state index is 7.03. The van der Waals surface area contributed by atoms with Crippen LogP contribution in [0.5, 0.6) is 17.2 Å². The lowest BCUT2D eigenvalue weighted by atomic mass is 9.78. The van der Waals surface area contributed by atoms with Gasteiger partial charge >= 0.3 is 8.60 Å². The predicted octanol–water partition coefficient (Wildman–Crippen LogP) is 11.6. The molecule has 3 aromatic carbocycles. The van der Waals surface area contributed by atoms with E-state index in [2.05, 4.69) is 152 Å². The Labute approximate surface area is 252 Å². The van der Waals surface area contributed by atoms with Crippen molar-refractivity contribution in [2.45, 2.75) is 126 Å². The Hall–Kier alpha value is -2.51. The minimum atomic E-state index is -1.88. The van der Waals surface area contributed by atoms with Crippen LogP contribution in [0.15, 0.2) is 48.5 Å². The first kappa shape index (κ1) is 33.0. The molecule has 3 nitrogen and oxygen atoms in total. The van der Waals surface area contributed by atoms with Gasteiger partial charge in [-0.1, -0.05) is 125 Å². The molecule has 0 aliphatic carbocycles. The van der Waals surface area contributed by atoms with Crippen LogP contribution in [-0.2, 0) is 21.7 Å². The van der Waals surface area contributed by atoms with Crippen LogP contribution in [0.2, 0.25) is 0 Å². The van der Waals surface area contributed by atoms with Crippen LogP contribution in [0.4, 0.5) is 0 Å². The Bertz CT molecular complexity index is 1270. The average molecular weight is 577 g/mol. The lowest BCUT2D eigenvalue weighted by Gasteiger charge is -2.32. The Balaban J connectivity index is 2.27. The SMILES string of the molecule is Cc1ccc(C(C)(C)C)c(OP(Oc2cc(C)ccc2C(C)(C)C)Oc2c(C(C)(C)C)cc(C)cc2C(C)(C)C)c1. The van der Waals surface area contributed by atoms with E-state index >= 15 is 0 Å². The molecule has 0 amide bonds. The van der Waals surface area contributed by atoms with Crippen molar-refractivity contribution >= 4 is 8.60 Å². The second-order valence-corrected chi connectivity index (χ2v) is 16.7. The molecule has 0 aromatic heterocycles. The number of hydrogen-bond donors (Lipinski definition) is 0. The second-order valence-electron chi connectivity index (χ2n) is 15.7. The van der Waals surface area contributed by atoms with E-state index in [1.54, 1.807) is 0 Å². The Morgan fingerprint density at radius 1 is 0.415 bits per heavy atom. The monoisotopic (exact) mass is 576 g/mol. The molecule has 41 heavy (non-hydrogen) atoms. The molecule has 0 radical (unpaired) electrons. The molecule has 0 heterocycles. The molecular weight excluding hydrogens is 523 g/mol. The molecule has 0 spiro atoms. The fourth-order valence-electron chi connectivity index (χ4n) is 4.93. The van der Waals surface area contributed by atoms with E-state index < -0.39 is 8.60 Å². The molecule has 0 unspecified atom stereocenters.